The Morgan fingerprint density at radius 2 is 2.41 bits per heavy atom. The Labute approximate surface area is 110 Å². The molecule has 1 heterocycles. The first-order valence-electron chi connectivity index (χ1n) is 5.92. The number of ether oxygens (including phenoxy) is 2. The summed E-state index contributed by atoms with van der Waals surface area (Å²) in [7, 11) is 0. The molecule has 3 nitrogen and oxygen atoms in total. The maximum absolute atomic E-state index is 5.93. The molecular weight excluding hydrogens is 282 g/mol. The topological polar surface area (TPSA) is 44.5 Å². The summed E-state index contributed by atoms with van der Waals surface area (Å²) in [6.07, 6.45) is 1.08. The van der Waals surface area contributed by atoms with Crippen molar-refractivity contribution in [1.29, 1.82) is 0 Å². The van der Waals surface area contributed by atoms with Crippen LogP contribution in [-0.2, 0) is 4.74 Å². The van der Waals surface area contributed by atoms with Crippen molar-refractivity contribution in [3.63, 3.8) is 0 Å². The van der Waals surface area contributed by atoms with Crippen LogP contribution in [-0.4, -0.2) is 19.8 Å². The number of benzene rings is 1. The van der Waals surface area contributed by atoms with E-state index in [1.807, 2.05) is 25.1 Å². The first-order valence-corrected chi connectivity index (χ1v) is 6.71. The molecule has 17 heavy (non-hydrogen) atoms. The van der Waals surface area contributed by atoms with Crippen LogP contribution in [0.4, 0.5) is 0 Å². The molecule has 4 heteroatoms. The van der Waals surface area contributed by atoms with E-state index in [4.69, 9.17) is 15.2 Å². The van der Waals surface area contributed by atoms with Crippen molar-refractivity contribution in [1.82, 2.24) is 0 Å². The van der Waals surface area contributed by atoms with Crippen molar-refractivity contribution in [3.8, 4) is 5.75 Å². The van der Waals surface area contributed by atoms with Gasteiger partial charge in [0.15, 0.2) is 0 Å². The molecule has 2 N–H and O–H groups in total. The maximum atomic E-state index is 5.93. The second-order valence-electron chi connectivity index (χ2n) is 4.51. The number of hydrogen-bond donors (Lipinski definition) is 1. The standard InChI is InChI=1S/C13H18BrNO2/c1-9(15)12-3-2-11(14)6-13(12)17-8-10-4-5-16-7-10/h2-3,6,9-10H,4-5,7-8,15H2,1H3/t9-,10?/m1/s1. The van der Waals surface area contributed by atoms with Crippen LogP contribution < -0.4 is 10.5 Å². The molecular formula is C13H18BrNO2. The fraction of sp³-hybridized carbons (Fsp3) is 0.538. The highest BCUT2D eigenvalue weighted by atomic mass is 79.9. The Morgan fingerprint density at radius 1 is 1.59 bits per heavy atom. The third kappa shape index (κ3) is 3.44. The van der Waals surface area contributed by atoms with Crippen LogP contribution in [0, 0.1) is 5.92 Å². The lowest BCUT2D eigenvalue weighted by atomic mass is 10.1. The minimum atomic E-state index is -0.0158. The Morgan fingerprint density at radius 3 is 3.06 bits per heavy atom. The van der Waals surface area contributed by atoms with Gasteiger partial charge in [-0.3, -0.25) is 0 Å². The molecule has 0 aromatic heterocycles. The van der Waals surface area contributed by atoms with E-state index in [1.54, 1.807) is 0 Å². The zero-order valence-electron chi connectivity index (χ0n) is 9.99. The molecule has 0 spiro atoms. The van der Waals surface area contributed by atoms with Crippen LogP contribution in [0.15, 0.2) is 22.7 Å². The molecule has 1 aliphatic rings. The summed E-state index contributed by atoms with van der Waals surface area (Å²) in [5.41, 5.74) is 6.98. The smallest absolute Gasteiger partial charge is 0.125 e. The number of rotatable bonds is 4. The Bertz CT molecular complexity index is 376. The monoisotopic (exact) mass is 299 g/mol. The first kappa shape index (κ1) is 12.9. The van der Waals surface area contributed by atoms with E-state index in [1.165, 1.54) is 0 Å². The summed E-state index contributed by atoms with van der Waals surface area (Å²) in [6.45, 7) is 4.33. The van der Waals surface area contributed by atoms with Crippen molar-refractivity contribution >= 4 is 15.9 Å². The molecule has 1 aromatic carbocycles. The van der Waals surface area contributed by atoms with Gasteiger partial charge >= 0.3 is 0 Å². The first-order chi connectivity index (χ1) is 8.16. The van der Waals surface area contributed by atoms with Gasteiger partial charge in [0.2, 0.25) is 0 Å². The average Bonchev–Trinajstić information content (AvgIpc) is 2.78. The van der Waals surface area contributed by atoms with Crippen molar-refractivity contribution in [2.75, 3.05) is 19.8 Å². The molecule has 2 rings (SSSR count). The van der Waals surface area contributed by atoms with Gasteiger partial charge in [0, 0.05) is 28.6 Å². The second-order valence-corrected chi connectivity index (χ2v) is 5.43. The molecule has 0 radical (unpaired) electrons. The third-order valence-electron chi connectivity index (χ3n) is 2.96. The minimum Gasteiger partial charge on any atom is -0.493 e. The predicted octanol–water partition coefficient (Wildman–Crippen LogP) is 2.88. The van der Waals surface area contributed by atoms with E-state index in [-0.39, 0.29) is 6.04 Å². The lowest BCUT2D eigenvalue weighted by molar-refractivity contribution is 0.166. The molecule has 0 aliphatic carbocycles. The highest BCUT2D eigenvalue weighted by Crippen LogP contribution is 2.28. The summed E-state index contributed by atoms with van der Waals surface area (Å²) < 4.78 is 12.2. The van der Waals surface area contributed by atoms with E-state index in [0.29, 0.717) is 12.5 Å². The van der Waals surface area contributed by atoms with Gasteiger partial charge in [-0.15, -0.1) is 0 Å². The fourth-order valence-electron chi connectivity index (χ4n) is 1.93. The zero-order chi connectivity index (χ0) is 12.3. The largest absolute Gasteiger partial charge is 0.493 e. The molecule has 2 atom stereocenters. The molecule has 1 aliphatic heterocycles. The molecule has 94 valence electrons. The molecule has 0 bridgehead atoms. The van der Waals surface area contributed by atoms with Gasteiger partial charge in [0.25, 0.3) is 0 Å². The third-order valence-corrected chi connectivity index (χ3v) is 3.46. The predicted molar refractivity (Wildman–Crippen MR) is 71.2 cm³/mol. The SMILES string of the molecule is C[C@@H](N)c1ccc(Br)cc1OCC1CCOC1. The summed E-state index contributed by atoms with van der Waals surface area (Å²) in [5, 5.41) is 0. The van der Waals surface area contributed by atoms with Crippen molar-refractivity contribution < 1.29 is 9.47 Å². The van der Waals surface area contributed by atoms with E-state index < -0.39 is 0 Å². The van der Waals surface area contributed by atoms with E-state index in [2.05, 4.69) is 15.9 Å². The van der Waals surface area contributed by atoms with Crippen LogP contribution in [0.1, 0.15) is 24.9 Å². The van der Waals surface area contributed by atoms with Crippen LogP contribution in [0.3, 0.4) is 0 Å². The zero-order valence-corrected chi connectivity index (χ0v) is 11.6. The van der Waals surface area contributed by atoms with Crippen LogP contribution in [0.25, 0.3) is 0 Å². The highest BCUT2D eigenvalue weighted by molar-refractivity contribution is 9.10. The average molecular weight is 300 g/mol. The van der Waals surface area contributed by atoms with E-state index in [9.17, 15) is 0 Å². The van der Waals surface area contributed by atoms with Crippen molar-refractivity contribution in [2.24, 2.45) is 11.7 Å². The molecule has 1 saturated heterocycles. The fourth-order valence-corrected chi connectivity index (χ4v) is 2.27. The summed E-state index contributed by atoms with van der Waals surface area (Å²) >= 11 is 3.45. The van der Waals surface area contributed by atoms with Crippen LogP contribution >= 0.6 is 15.9 Å². The van der Waals surface area contributed by atoms with Gasteiger partial charge in [-0.25, -0.2) is 0 Å². The lowest BCUT2D eigenvalue weighted by Gasteiger charge is -2.16. The quantitative estimate of drug-likeness (QED) is 0.930. The highest BCUT2D eigenvalue weighted by Gasteiger charge is 2.17. The van der Waals surface area contributed by atoms with Gasteiger partial charge in [0.1, 0.15) is 5.75 Å². The number of nitrogens with two attached hydrogens (primary N) is 1. The van der Waals surface area contributed by atoms with Gasteiger partial charge < -0.3 is 15.2 Å². The van der Waals surface area contributed by atoms with Gasteiger partial charge in [-0.1, -0.05) is 22.0 Å². The van der Waals surface area contributed by atoms with Gasteiger partial charge in [-0.2, -0.15) is 0 Å². The molecule has 0 saturated carbocycles. The van der Waals surface area contributed by atoms with E-state index in [0.717, 1.165) is 35.4 Å². The Kier molecular flexibility index (Phi) is 4.42. The molecule has 0 amide bonds. The lowest BCUT2D eigenvalue weighted by Crippen LogP contribution is -2.14. The molecule has 1 unspecified atom stereocenters. The number of hydrogen-bond acceptors (Lipinski definition) is 3. The summed E-state index contributed by atoms with van der Waals surface area (Å²) in [6, 6.07) is 5.96. The van der Waals surface area contributed by atoms with Crippen molar-refractivity contribution in [2.45, 2.75) is 19.4 Å². The normalized spacial score (nSPS) is 21.5. The second kappa shape index (κ2) is 5.85. The van der Waals surface area contributed by atoms with Crippen LogP contribution in [0.5, 0.6) is 5.75 Å². The Hall–Kier alpha value is -0.580. The number of halogens is 1. The molecule has 1 fully saturated rings. The molecule has 1 aromatic rings. The minimum absolute atomic E-state index is 0.0158. The maximum Gasteiger partial charge on any atom is 0.125 e. The Balaban J connectivity index is 2.04. The summed E-state index contributed by atoms with van der Waals surface area (Å²) in [5.74, 6) is 1.39. The van der Waals surface area contributed by atoms with Gasteiger partial charge in [0.05, 0.1) is 13.2 Å². The van der Waals surface area contributed by atoms with Crippen molar-refractivity contribution in [3.05, 3.63) is 28.2 Å². The van der Waals surface area contributed by atoms with Gasteiger partial charge in [-0.05, 0) is 25.5 Å². The summed E-state index contributed by atoms with van der Waals surface area (Å²) in [4.78, 5) is 0. The van der Waals surface area contributed by atoms with E-state index >= 15 is 0 Å². The van der Waals surface area contributed by atoms with Crippen LogP contribution in [0.2, 0.25) is 0 Å².